The molecule has 0 aliphatic carbocycles. The number of rotatable bonds is 12. The Kier molecular flexibility index (Phi) is 11.0. The Balaban J connectivity index is 2.10. The van der Waals surface area contributed by atoms with Gasteiger partial charge in [0.1, 0.15) is 18.4 Å². The van der Waals surface area contributed by atoms with Crippen LogP contribution in [0, 0.1) is 11.7 Å². The normalized spacial score (nSPS) is 12.2. The summed E-state index contributed by atoms with van der Waals surface area (Å²) in [6.07, 6.45) is 1.02. The van der Waals surface area contributed by atoms with Crippen molar-refractivity contribution in [2.75, 3.05) is 23.7 Å². The van der Waals surface area contributed by atoms with E-state index in [1.165, 1.54) is 23.1 Å². The smallest absolute Gasteiger partial charge is 0.244 e. The lowest BCUT2D eigenvalue weighted by atomic mass is 10.0. The Hall–Kier alpha value is -3.14. The summed E-state index contributed by atoms with van der Waals surface area (Å²) >= 11 is 12.9. The van der Waals surface area contributed by atoms with Crippen LogP contribution < -0.4 is 9.62 Å². The highest BCUT2D eigenvalue weighted by Gasteiger charge is 2.34. The Morgan fingerprint density at radius 2 is 1.52 bits per heavy atom. The Morgan fingerprint density at radius 1 is 0.925 bits per heavy atom. The molecule has 0 aromatic heterocycles. The van der Waals surface area contributed by atoms with Crippen molar-refractivity contribution in [1.29, 1.82) is 0 Å². The van der Waals surface area contributed by atoms with Crippen molar-refractivity contribution in [2.45, 2.75) is 32.9 Å². The van der Waals surface area contributed by atoms with Crippen molar-refractivity contribution in [3.05, 3.63) is 99.8 Å². The zero-order chi connectivity index (χ0) is 29.4. The maximum Gasteiger partial charge on any atom is 0.244 e. The molecule has 214 valence electrons. The number of nitrogens with zero attached hydrogens (tertiary/aromatic N) is 2. The number of amides is 2. The molecular formula is C29H32Cl2FN3O4S. The lowest BCUT2D eigenvalue weighted by Gasteiger charge is -2.34. The molecule has 0 saturated heterocycles. The first-order valence-corrected chi connectivity index (χ1v) is 15.2. The van der Waals surface area contributed by atoms with Crippen molar-refractivity contribution in [2.24, 2.45) is 5.92 Å². The van der Waals surface area contributed by atoms with Crippen molar-refractivity contribution >= 4 is 50.7 Å². The standard InChI is InChI=1S/C29H32Cl2FN3O4S/c1-20(2)17-33-29(37)27(16-21-10-5-4-6-11-21)34(18-22-23(30)12-9-13-24(22)31)28(36)19-35(40(3,38)39)26-15-8-7-14-25(26)32/h4-15,20,27H,16-19H2,1-3H3,(H,33,37). The molecule has 0 saturated carbocycles. The third-order valence-corrected chi connectivity index (χ3v) is 7.98. The Morgan fingerprint density at radius 3 is 2.10 bits per heavy atom. The minimum absolute atomic E-state index is 0.136. The lowest BCUT2D eigenvalue weighted by molar-refractivity contribution is -0.140. The van der Waals surface area contributed by atoms with Crippen LogP contribution in [0.5, 0.6) is 0 Å². The van der Waals surface area contributed by atoms with Gasteiger partial charge in [-0.1, -0.05) is 85.6 Å². The van der Waals surface area contributed by atoms with Crippen LogP contribution in [0.2, 0.25) is 10.0 Å². The first kappa shape index (κ1) is 31.4. The van der Waals surface area contributed by atoms with E-state index in [1.54, 1.807) is 18.2 Å². The van der Waals surface area contributed by atoms with Crippen LogP contribution in [0.3, 0.4) is 0 Å². The lowest BCUT2D eigenvalue weighted by Crippen LogP contribution is -2.53. The number of halogens is 3. The number of nitrogens with one attached hydrogen (secondary N) is 1. The fraction of sp³-hybridized carbons (Fsp3) is 0.310. The van der Waals surface area contributed by atoms with Gasteiger partial charge in [0.2, 0.25) is 21.8 Å². The molecule has 0 aliphatic rings. The molecule has 3 aromatic carbocycles. The summed E-state index contributed by atoms with van der Waals surface area (Å²) in [5.74, 6) is -1.82. The van der Waals surface area contributed by atoms with E-state index in [9.17, 15) is 22.4 Å². The number of anilines is 1. The van der Waals surface area contributed by atoms with Gasteiger partial charge in [-0.15, -0.1) is 0 Å². The maximum absolute atomic E-state index is 14.7. The first-order valence-electron chi connectivity index (χ1n) is 12.6. The molecule has 3 aromatic rings. The van der Waals surface area contributed by atoms with Gasteiger partial charge in [-0.2, -0.15) is 0 Å². The summed E-state index contributed by atoms with van der Waals surface area (Å²) in [6, 6.07) is 18.2. The highest BCUT2D eigenvalue weighted by atomic mass is 35.5. The minimum atomic E-state index is -4.09. The molecule has 2 amide bonds. The molecule has 0 heterocycles. The summed E-state index contributed by atoms with van der Waals surface area (Å²) < 4.78 is 40.9. The van der Waals surface area contributed by atoms with Crippen molar-refractivity contribution in [3.8, 4) is 0 Å². The average Bonchev–Trinajstić information content (AvgIpc) is 2.89. The predicted molar refractivity (Wildman–Crippen MR) is 157 cm³/mol. The average molecular weight is 609 g/mol. The van der Waals surface area contributed by atoms with E-state index in [1.807, 2.05) is 44.2 Å². The Bertz CT molecular complexity index is 1420. The molecule has 11 heteroatoms. The second-order valence-corrected chi connectivity index (χ2v) is 12.5. The van der Waals surface area contributed by atoms with Crippen LogP contribution >= 0.6 is 23.2 Å². The molecular weight excluding hydrogens is 576 g/mol. The first-order chi connectivity index (χ1) is 18.9. The number of carbonyl (C=O) groups is 2. The third-order valence-electron chi connectivity index (χ3n) is 6.15. The van der Waals surface area contributed by atoms with Gasteiger partial charge < -0.3 is 10.2 Å². The van der Waals surface area contributed by atoms with E-state index in [0.717, 1.165) is 17.9 Å². The molecule has 1 unspecified atom stereocenters. The fourth-order valence-electron chi connectivity index (χ4n) is 4.08. The van der Waals surface area contributed by atoms with Gasteiger partial charge in [0.15, 0.2) is 0 Å². The monoisotopic (exact) mass is 607 g/mol. The maximum atomic E-state index is 14.7. The largest absolute Gasteiger partial charge is 0.354 e. The topological polar surface area (TPSA) is 86.8 Å². The Labute approximate surface area is 244 Å². The number of benzene rings is 3. The minimum Gasteiger partial charge on any atom is -0.354 e. The van der Waals surface area contributed by atoms with Crippen LogP contribution in [0.15, 0.2) is 72.8 Å². The summed E-state index contributed by atoms with van der Waals surface area (Å²) in [4.78, 5) is 28.9. The van der Waals surface area contributed by atoms with Crippen LogP contribution in [0.4, 0.5) is 10.1 Å². The quantitative estimate of drug-likeness (QED) is 0.302. The summed E-state index contributed by atoms with van der Waals surface area (Å²) in [6.45, 7) is 3.32. The number of sulfonamides is 1. The predicted octanol–water partition coefficient (Wildman–Crippen LogP) is 5.31. The van der Waals surface area contributed by atoms with Gasteiger partial charge in [0, 0.05) is 35.1 Å². The van der Waals surface area contributed by atoms with Crippen molar-refractivity contribution in [1.82, 2.24) is 10.2 Å². The molecule has 1 N–H and O–H groups in total. The fourth-order valence-corrected chi connectivity index (χ4v) is 5.45. The van der Waals surface area contributed by atoms with Gasteiger partial charge in [-0.3, -0.25) is 13.9 Å². The zero-order valence-corrected chi connectivity index (χ0v) is 24.8. The molecule has 0 radical (unpaired) electrons. The summed E-state index contributed by atoms with van der Waals surface area (Å²) in [7, 11) is -4.09. The summed E-state index contributed by atoms with van der Waals surface area (Å²) in [5, 5.41) is 3.44. The van der Waals surface area contributed by atoms with E-state index < -0.39 is 40.2 Å². The molecule has 7 nitrogen and oxygen atoms in total. The van der Waals surface area contributed by atoms with Crippen molar-refractivity contribution < 1.29 is 22.4 Å². The van der Waals surface area contributed by atoms with E-state index in [2.05, 4.69) is 5.32 Å². The van der Waals surface area contributed by atoms with Gasteiger partial charge in [-0.05, 0) is 35.7 Å². The highest BCUT2D eigenvalue weighted by molar-refractivity contribution is 7.92. The number of para-hydroxylation sites is 1. The van der Waals surface area contributed by atoms with E-state index in [-0.39, 0.29) is 34.6 Å². The number of carbonyl (C=O) groups excluding carboxylic acids is 2. The van der Waals surface area contributed by atoms with Crippen LogP contribution in [0.1, 0.15) is 25.0 Å². The molecule has 3 rings (SSSR count). The molecule has 0 fully saturated rings. The van der Waals surface area contributed by atoms with Gasteiger partial charge in [0.25, 0.3) is 0 Å². The molecule has 1 atom stereocenters. The van der Waals surface area contributed by atoms with E-state index in [4.69, 9.17) is 23.2 Å². The van der Waals surface area contributed by atoms with Crippen LogP contribution in [-0.2, 0) is 32.6 Å². The summed E-state index contributed by atoms with van der Waals surface area (Å²) in [5.41, 5.74) is 0.896. The number of hydrogen-bond acceptors (Lipinski definition) is 4. The number of hydrogen-bond donors (Lipinski definition) is 1. The molecule has 0 aliphatic heterocycles. The molecule has 0 bridgehead atoms. The van der Waals surface area contributed by atoms with E-state index >= 15 is 0 Å². The zero-order valence-electron chi connectivity index (χ0n) is 22.5. The SMILES string of the molecule is CC(C)CNC(=O)C(Cc1ccccc1)N(Cc1c(Cl)cccc1Cl)C(=O)CN(c1ccccc1F)S(C)(=O)=O. The van der Waals surface area contributed by atoms with Crippen LogP contribution in [0.25, 0.3) is 0 Å². The van der Waals surface area contributed by atoms with Gasteiger partial charge in [0.05, 0.1) is 11.9 Å². The van der Waals surface area contributed by atoms with Gasteiger partial charge in [-0.25, -0.2) is 12.8 Å². The third kappa shape index (κ3) is 8.43. The second-order valence-electron chi connectivity index (χ2n) is 9.79. The van der Waals surface area contributed by atoms with Gasteiger partial charge >= 0.3 is 0 Å². The van der Waals surface area contributed by atoms with E-state index in [0.29, 0.717) is 16.4 Å². The molecule has 0 spiro atoms. The molecule has 40 heavy (non-hydrogen) atoms. The van der Waals surface area contributed by atoms with Crippen LogP contribution in [-0.4, -0.2) is 50.5 Å². The van der Waals surface area contributed by atoms with Crippen molar-refractivity contribution in [3.63, 3.8) is 0 Å². The highest BCUT2D eigenvalue weighted by Crippen LogP contribution is 2.28. The second kappa shape index (κ2) is 14.0.